The first-order valence-electron chi connectivity index (χ1n) is 5.94. The molecule has 5 nitrogen and oxygen atoms in total. The van der Waals surface area contributed by atoms with Crippen molar-refractivity contribution in [3.8, 4) is 0 Å². The lowest BCUT2D eigenvalue weighted by Crippen LogP contribution is -2.34. The second-order valence-corrected chi connectivity index (χ2v) is 6.72. The van der Waals surface area contributed by atoms with Gasteiger partial charge in [0.2, 0.25) is 0 Å². The third-order valence-electron chi connectivity index (χ3n) is 2.70. The third kappa shape index (κ3) is 5.72. The molecule has 0 aliphatic carbocycles. The van der Waals surface area contributed by atoms with Crippen LogP contribution in [0.25, 0.3) is 0 Å². The Bertz CT molecular complexity index is 614. The number of sulfone groups is 1. The van der Waals surface area contributed by atoms with Gasteiger partial charge in [-0.15, -0.1) is 0 Å². The van der Waals surface area contributed by atoms with Crippen LogP contribution in [-0.2, 0) is 9.84 Å². The fraction of sp³-hybridized carbons (Fsp3) is 0.417. The first kappa shape index (κ1) is 17.4. The van der Waals surface area contributed by atoms with Crippen LogP contribution in [-0.4, -0.2) is 51.2 Å². The Kier molecular flexibility index (Phi) is 5.35. The van der Waals surface area contributed by atoms with Crippen LogP contribution in [0.4, 0.5) is 13.2 Å². The molecule has 0 saturated carbocycles. The molecular formula is C12H16F3N3O2S. The summed E-state index contributed by atoms with van der Waals surface area (Å²) in [6.07, 6.45) is -4.37. The number of halogens is 3. The monoisotopic (exact) mass is 323 g/mol. The van der Waals surface area contributed by atoms with Crippen LogP contribution in [0.2, 0.25) is 0 Å². The van der Waals surface area contributed by atoms with Crippen LogP contribution < -0.4 is 5.73 Å². The van der Waals surface area contributed by atoms with E-state index >= 15 is 0 Å². The average molecular weight is 323 g/mol. The van der Waals surface area contributed by atoms with Crippen molar-refractivity contribution in [3.05, 3.63) is 29.8 Å². The fourth-order valence-corrected chi connectivity index (χ4v) is 3.02. The molecule has 0 atom stereocenters. The number of rotatable bonds is 6. The SMILES string of the molecule is CN(CCS(=O)(=O)c1cccc(C(=N)N)c1)CC(F)(F)F. The lowest BCUT2D eigenvalue weighted by molar-refractivity contribution is -0.142. The Morgan fingerprint density at radius 3 is 2.52 bits per heavy atom. The summed E-state index contributed by atoms with van der Waals surface area (Å²) in [6, 6.07) is 5.48. The Morgan fingerprint density at radius 2 is 2.00 bits per heavy atom. The van der Waals surface area contributed by atoms with Crippen LogP contribution in [0.5, 0.6) is 0 Å². The summed E-state index contributed by atoms with van der Waals surface area (Å²) in [5.41, 5.74) is 5.52. The van der Waals surface area contributed by atoms with Gasteiger partial charge in [-0.1, -0.05) is 12.1 Å². The first-order valence-corrected chi connectivity index (χ1v) is 7.59. The highest BCUT2D eigenvalue weighted by molar-refractivity contribution is 7.91. The lowest BCUT2D eigenvalue weighted by Gasteiger charge is -2.18. The maximum Gasteiger partial charge on any atom is 0.401 e. The minimum absolute atomic E-state index is 0.0596. The Balaban J connectivity index is 2.78. The molecule has 9 heteroatoms. The van der Waals surface area contributed by atoms with Gasteiger partial charge in [0.05, 0.1) is 17.2 Å². The minimum atomic E-state index is -4.37. The van der Waals surface area contributed by atoms with Gasteiger partial charge in [-0.2, -0.15) is 13.2 Å². The van der Waals surface area contributed by atoms with E-state index in [9.17, 15) is 21.6 Å². The molecule has 0 saturated heterocycles. The minimum Gasteiger partial charge on any atom is -0.384 e. The van der Waals surface area contributed by atoms with Gasteiger partial charge in [0.1, 0.15) is 5.84 Å². The predicted molar refractivity (Wildman–Crippen MR) is 73.1 cm³/mol. The molecule has 0 aliphatic rings. The van der Waals surface area contributed by atoms with E-state index in [2.05, 4.69) is 0 Å². The summed E-state index contributed by atoms with van der Waals surface area (Å²) in [5, 5.41) is 7.25. The number of nitrogens with two attached hydrogens (primary N) is 1. The molecule has 1 aromatic carbocycles. The van der Waals surface area contributed by atoms with Gasteiger partial charge in [0, 0.05) is 12.1 Å². The van der Waals surface area contributed by atoms with Gasteiger partial charge < -0.3 is 5.73 Å². The zero-order valence-electron chi connectivity index (χ0n) is 11.3. The van der Waals surface area contributed by atoms with Crippen molar-refractivity contribution in [2.24, 2.45) is 5.73 Å². The highest BCUT2D eigenvalue weighted by Gasteiger charge is 2.29. The molecule has 1 aromatic rings. The molecule has 0 fully saturated rings. The van der Waals surface area contributed by atoms with Gasteiger partial charge >= 0.3 is 6.18 Å². The van der Waals surface area contributed by atoms with E-state index in [1.54, 1.807) is 0 Å². The summed E-state index contributed by atoms with van der Waals surface area (Å²) >= 11 is 0. The Morgan fingerprint density at radius 1 is 1.38 bits per heavy atom. The van der Waals surface area contributed by atoms with Crippen molar-refractivity contribution in [2.75, 3.05) is 25.9 Å². The van der Waals surface area contributed by atoms with Gasteiger partial charge in [0.15, 0.2) is 9.84 Å². The average Bonchev–Trinajstić information content (AvgIpc) is 2.35. The van der Waals surface area contributed by atoms with Crippen molar-refractivity contribution in [2.45, 2.75) is 11.1 Å². The van der Waals surface area contributed by atoms with E-state index in [4.69, 9.17) is 11.1 Å². The smallest absolute Gasteiger partial charge is 0.384 e. The zero-order valence-corrected chi connectivity index (χ0v) is 12.1. The van der Waals surface area contributed by atoms with Crippen molar-refractivity contribution in [1.82, 2.24) is 4.90 Å². The number of hydrogen-bond donors (Lipinski definition) is 2. The van der Waals surface area contributed by atoms with E-state index in [-0.39, 0.29) is 22.8 Å². The van der Waals surface area contributed by atoms with Crippen LogP contribution in [0.15, 0.2) is 29.2 Å². The summed E-state index contributed by atoms with van der Waals surface area (Å²) in [4.78, 5) is 0.836. The normalized spacial score (nSPS) is 12.6. The maximum absolute atomic E-state index is 12.2. The van der Waals surface area contributed by atoms with Gasteiger partial charge in [0.25, 0.3) is 0 Å². The second-order valence-electron chi connectivity index (χ2n) is 4.61. The number of nitrogens with one attached hydrogen (secondary N) is 1. The van der Waals surface area contributed by atoms with Crippen LogP contribution in [0, 0.1) is 5.41 Å². The van der Waals surface area contributed by atoms with Gasteiger partial charge in [-0.3, -0.25) is 10.3 Å². The zero-order chi connectivity index (χ0) is 16.3. The van der Waals surface area contributed by atoms with Gasteiger partial charge in [-0.25, -0.2) is 8.42 Å². The molecule has 0 radical (unpaired) electrons. The third-order valence-corrected chi connectivity index (χ3v) is 4.39. The van der Waals surface area contributed by atoms with Crippen LogP contribution in [0.3, 0.4) is 0 Å². The fourth-order valence-electron chi connectivity index (χ4n) is 1.64. The van der Waals surface area contributed by atoms with Crippen LogP contribution >= 0.6 is 0 Å². The maximum atomic E-state index is 12.2. The van der Waals surface area contributed by atoms with Crippen molar-refractivity contribution >= 4 is 15.7 Å². The number of hydrogen-bond acceptors (Lipinski definition) is 4. The Hall–Kier alpha value is -1.61. The molecule has 3 N–H and O–H groups in total. The molecule has 1 rings (SSSR count). The number of amidine groups is 1. The van der Waals surface area contributed by atoms with E-state index in [1.807, 2.05) is 0 Å². The number of nitrogens with zero attached hydrogens (tertiary/aromatic N) is 1. The molecule has 0 bridgehead atoms. The largest absolute Gasteiger partial charge is 0.401 e. The molecule has 0 heterocycles. The highest BCUT2D eigenvalue weighted by Crippen LogP contribution is 2.17. The lowest BCUT2D eigenvalue weighted by atomic mass is 10.2. The summed E-state index contributed by atoms with van der Waals surface area (Å²) in [6.45, 7) is -1.41. The molecule has 118 valence electrons. The first-order chi connectivity index (χ1) is 9.51. The summed E-state index contributed by atoms with van der Waals surface area (Å²) in [7, 11) is -2.52. The standard InChI is InChI=1S/C12H16F3N3O2S/c1-18(8-12(13,14)15)5-6-21(19,20)10-4-2-3-9(7-10)11(16)17/h2-4,7H,5-6,8H2,1H3,(H3,16,17). The molecule has 21 heavy (non-hydrogen) atoms. The van der Waals surface area contributed by atoms with E-state index in [0.29, 0.717) is 0 Å². The predicted octanol–water partition coefficient (Wildman–Crippen LogP) is 1.24. The topological polar surface area (TPSA) is 87.2 Å². The van der Waals surface area contributed by atoms with E-state index in [0.717, 1.165) is 4.90 Å². The van der Waals surface area contributed by atoms with E-state index in [1.165, 1.54) is 31.3 Å². The number of alkyl halides is 3. The highest BCUT2D eigenvalue weighted by atomic mass is 32.2. The van der Waals surface area contributed by atoms with E-state index < -0.39 is 28.3 Å². The summed E-state index contributed by atoms with van der Waals surface area (Å²) < 4.78 is 60.6. The summed E-state index contributed by atoms with van der Waals surface area (Å²) in [5.74, 6) is -0.720. The molecule has 0 spiro atoms. The Labute approximate surface area is 121 Å². The number of benzene rings is 1. The van der Waals surface area contributed by atoms with Crippen molar-refractivity contribution < 1.29 is 21.6 Å². The molecule has 0 aromatic heterocycles. The quantitative estimate of drug-likeness (QED) is 0.609. The molecule has 0 unspecified atom stereocenters. The van der Waals surface area contributed by atoms with Crippen molar-refractivity contribution in [3.63, 3.8) is 0 Å². The molecule has 0 aliphatic heterocycles. The number of nitrogen functional groups attached to an aromatic ring is 1. The van der Waals surface area contributed by atoms with Crippen molar-refractivity contribution in [1.29, 1.82) is 5.41 Å². The van der Waals surface area contributed by atoms with Gasteiger partial charge in [-0.05, 0) is 19.2 Å². The second kappa shape index (κ2) is 6.44. The molecular weight excluding hydrogens is 307 g/mol. The van der Waals surface area contributed by atoms with Crippen LogP contribution in [0.1, 0.15) is 5.56 Å². The molecule has 0 amide bonds.